The Morgan fingerprint density at radius 2 is 2.30 bits per heavy atom. The van der Waals surface area contributed by atoms with Crippen LogP contribution in [0.1, 0.15) is 36.1 Å². The lowest BCUT2D eigenvalue weighted by Gasteiger charge is -2.31. The van der Waals surface area contributed by atoms with E-state index in [-0.39, 0.29) is 0 Å². The fourth-order valence-electron chi connectivity index (χ4n) is 3.25. The largest absolute Gasteiger partial charge is 0.389 e. The van der Waals surface area contributed by atoms with Crippen LogP contribution in [0.15, 0.2) is 6.07 Å². The Hall–Kier alpha value is -1.20. The van der Waals surface area contributed by atoms with E-state index in [1.54, 1.807) is 0 Å². The number of nitrogens with zero attached hydrogens (tertiary/aromatic N) is 2. The lowest BCUT2D eigenvalue weighted by molar-refractivity contribution is 0.260. The van der Waals surface area contributed by atoms with Gasteiger partial charge in [-0.05, 0) is 57.3 Å². The molecule has 1 aromatic heterocycles. The molecule has 4 nitrogen and oxygen atoms in total. The number of nitrogens with two attached hydrogens (primary N) is 1. The highest BCUT2D eigenvalue weighted by molar-refractivity contribution is 7.80. The molecule has 1 aromatic rings. The molecule has 1 atom stereocenters. The van der Waals surface area contributed by atoms with Crippen LogP contribution < -0.4 is 11.1 Å². The van der Waals surface area contributed by atoms with Crippen LogP contribution in [0.4, 0.5) is 5.82 Å². The number of fused-ring (bicyclic) bond motifs is 1. The second kappa shape index (κ2) is 5.66. The van der Waals surface area contributed by atoms with Crippen molar-refractivity contribution >= 4 is 23.0 Å². The van der Waals surface area contributed by atoms with Crippen molar-refractivity contribution in [2.24, 2.45) is 5.73 Å². The number of likely N-dealkylation sites (tertiary alicyclic amines) is 1. The van der Waals surface area contributed by atoms with Gasteiger partial charge in [0.25, 0.3) is 0 Å². The summed E-state index contributed by atoms with van der Waals surface area (Å²) in [6.07, 6.45) is 5.77. The Morgan fingerprint density at radius 3 is 3.05 bits per heavy atom. The van der Waals surface area contributed by atoms with Gasteiger partial charge in [0.2, 0.25) is 0 Å². The first-order valence-electron chi connectivity index (χ1n) is 7.41. The molecule has 0 amide bonds. The molecule has 3 rings (SSSR count). The maximum absolute atomic E-state index is 5.88. The average molecular weight is 290 g/mol. The van der Waals surface area contributed by atoms with Gasteiger partial charge < -0.3 is 16.0 Å². The second-order valence-electron chi connectivity index (χ2n) is 5.95. The van der Waals surface area contributed by atoms with Crippen molar-refractivity contribution in [3.05, 3.63) is 22.9 Å². The third kappa shape index (κ3) is 2.79. The number of rotatable bonds is 3. The molecule has 1 aliphatic carbocycles. The lowest BCUT2D eigenvalue weighted by atomic mass is 10.1. The van der Waals surface area contributed by atoms with Crippen LogP contribution in [-0.4, -0.2) is 41.1 Å². The van der Waals surface area contributed by atoms with E-state index in [2.05, 4.69) is 23.3 Å². The summed E-state index contributed by atoms with van der Waals surface area (Å²) in [4.78, 5) is 7.60. The normalized spacial score (nSPS) is 22.6. The van der Waals surface area contributed by atoms with E-state index in [9.17, 15) is 0 Å². The van der Waals surface area contributed by atoms with Crippen molar-refractivity contribution in [2.45, 2.75) is 38.1 Å². The van der Waals surface area contributed by atoms with E-state index in [0.29, 0.717) is 11.0 Å². The van der Waals surface area contributed by atoms with Crippen molar-refractivity contribution < 1.29 is 0 Å². The van der Waals surface area contributed by atoms with Gasteiger partial charge >= 0.3 is 0 Å². The smallest absolute Gasteiger partial charge is 0.136 e. The first-order valence-corrected chi connectivity index (χ1v) is 7.82. The summed E-state index contributed by atoms with van der Waals surface area (Å²) in [5, 5.41) is 3.57. The zero-order valence-corrected chi connectivity index (χ0v) is 12.8. The Morgan fingerprint density at radius 1 is 1.45 bits per heavy atom. The van der Waals surface area contributed by atoms with Crippen LogP contribution >= 0.6 is 12.2 Å². The Labute approximate surface area is 125 Å². The topological polar surface area (TPSA) is 54.2 Å². The van der Waals surface area contributed by atoms with Crippen LogP contribution in [0, 0.1) is 0 Å². The minimum absolute atomic E-state index is 0.439. The molecule has 108 valence electrons. The van der Waals surface area contributed by atoms with Crippen LogP contribution in [0.25, 0.3) is 0 Å². The van der Waals surface area contributed by atoms with E-state index in [0.717, 1.165) is 30.8 Å². The van der Waals surface area contributed by atoms with Gasteiger partial charge in [-0.25, -0.2) is 4.98 Å². The molecule has 1 aliphatic heterocycles. The molecule has 2 heterocycles. The third-order valence-corrected chi connectivity index (χ3v) is 4.50. The highest BCUT2D eigenvalue weighted by Gasteiger charge is 2.22. The number of pyridine rings is 1. The maximum atomic E-state index is 5.88. The fourth-order valence-corrected chi connectivity index (χ4v) is 3.40. The van der Waals surface area contributed by atoms with Gasteiger partial charge in [0.05, 0.1) is 5.56 Å². The summed E-state index contributed by atoms with van der Waals surface area (Å²) in [6.45, 7) is 2.23. The summed E-state index contributed by atoms with van der Waals surface area (Å²) < 4.78 is 0. The van der Waals surface area contributed by atoms with Crippen molar-refractivity contribution in [2.75, 3.05) is 25.5 Å². The SMILES string of the molecule is CN1CCCC(Nc2nc3c(cc2C(N)=S)CCC3)C1. The van der Waals surface area contributed by atoms with Gasteiger partial charge in [0.15, 0.2) is 0 Å². The first-order chi connectivity index (χ1) is 9.63. The van der Waals surface area contributed by atoms with Crippen LogP contribution in [-0.2, 0) is 12.8 Å². The molecule has 1 unspecified atom stereocenters. The van der Waals surface area contributed by atoms with Crippen LogP contribution in [0.3, 0.4) is 0 Å². The molecular weight excluding hydrogens is 268 g/mol. The number of piperidine rings is 1. The average Bonchev–Trinajstić information content (AvgIpc) is 2.84. The van der Waals surface area contributed by atoms with Gasteiger partial charge in [-0.15, -0.1) is 0 Å². The highest BCUT2D eigenvalue weighted by atomic mass is 32.1. The number of hydrogen-bond donors (Lipinski definition) is 2. The predicted molar refractivity (Wildman–Crippen MR) is 86.3 cm³/mol. The molecule has 5 heteroatoms. The van der Waals surface area contributed by atoms with Gasteiger partial charge in [0, 0.05) is 18.3 Å². The van der Waals surface area contributed by atoms with Crippen molar-refractivity contribution in [3.63, 3.8) is 0 Å². The van der Waals surface area contributed by atoms with Crippen molar-refractivity contribution in [3.8, 4) is 0 Å². The van der Waals surface area contributed by atoms with E-state index in [1.165, 1.54) is 37.1 Å². The number of aryl methyl sites for hydroxylation is 2. The monoisotopic (exact) mass is 290 g/mol. The summed E-state index contributed by atoms with van der Waals surface area (Å²) in [6, 6.07) is 2.58. The standard InChI is InChI=1S/C15H22N4S/c1-19-7-3-5-11(9-19)17-15-12(14(16)20)8-10-4-2-6-13(10)18-15/h8,11H,2-7,9H2,1H3,(H2,16,20)(H,17,18). The maximum Gasteiger partial charge on any atom is 0.136 e. The van der Waals surface area contributed by atoms with Gasteiger partial charge in [-0.1, -0.05) is 12.2 Å². The number of nitrogens with one attached hydrogen (secondary N) is 1. The van der Waals surface area contributed by atoms with Crippen LogP contribution in [0.2, 0.25) is 0 Å². The number of aromatic nitrogens is 1. The highest BCUT2D eigenvalue weighted by Crippen LogP contribution is 2.26. The van der Waals surface area contributed by atoms with Crippen molar-refractivity contribution in [1.82, 2.24) is 9.88 Å². The molecule has 0 aromatic carbocycles. The molecule has 2 aliphatic rings. The Kier molecular flexibility index (Phi) is 3.89. The molecule has 3 N–H and O–H groups in total. The van der Waals surface area contributed by atoms with E-state index in [1.807, 2.05) is 0 Å². The molecule has 1 saturated heterocycles. The summed E-state index contributed by atoms with van der Waals surface area (Å²) in [7, 11) is 2.17. The third-order valence-electron chi connectivity index (χ3n) is 4.28. The Balaban J connectivity index is 1.86. The minimum Gasteiger partial charge on any atom is -0.389 e. The number of anilines is 1. The quantitative estimate of drug-likeness (QED) is 0.830. The molecule has 0 radical (unpaired) electrons. The van der Waals surface area contributed by atoms with Gasteiger partial charge in [0.1, 0.15) is 10.8 Å². The molecule has 0 bridgehead atoms. The molecule has 0 spiro atoms. The fraction of sp³-hybridized carbons (Fsp3) is 0.600. The number of likely N-dealkylation sites (N-methyl/N-ethyl adjacent to an activating group) is 1. The summed E-state index contributed by atoms with van der Waals surface area (Å²) in [5.74, 6) is 0.887. The summed E-state index contributed by atoms with van der Waals surface area (Å²) >= 11 is 5.20. The Bertz CT molecular complexity index is 529. The molecule has 20 heavy (non-hydrogen) atoms. The van der Waals surface area contributed by atoms with Gasteiger partial charge in [-0.3, -0.25) is 0 Å². The van der Waals surface area contributed by atoms with E-state index in [4.69, 9.17) is 22.9 Å². The number of hydrogen-bond acceptors (Lipinski definition) is 4. The van der Waals surface area contributed by atoms with Crippen LogP contribution in [0.5, 0.6) is 0 Å². The molecule has 1 fully saturated rings. The summed E-state index contributed by atoms with van der Waals surface area (Å²) in [5.41, 5.74) is 9.33. The molecular formula is C15H22N4S. The van der Waals surface area contributed by atoms with Crippen molar-refractivity contribution in [1.29, 1.82) is 0 Å². The second-order valence-corrected chi connectivity index (χ2v) is 6.39. The lowest BCUT2D eigenvalue weighted by Crippen LogP contribution is -2.40. The zero-order valence-electron chi connectivity index (χ0n) is 12.0. The van der Waals surface area contributed by atoms with E-state index >= 15 is 0 Å². The van der Waals surface area contributed by atoms with E-state index < -0.39 is 0 Å². The number of thiocarbonyl (C=S) groups is 1. The first kappa shape index (κ1) is 13.8. The minimum atomic E-state index is 0.439. The van der Waals surface area contributed by atoms with Gasteiger partial charge in [-0.2, -0.15) is 0 Å². The predicted octanol–water partition coefficient (Wildman–Crippen LogP) is 1.71. The molecule has 0 saturated carbocycles. The zero-order chi connectivity index (χ0) is 14.1.